The van der Waals surface area contributed by atoms with Crippen molar-refractivity contribution in [2.75, 3.05) is 5.33 Å². The molecule has 2 aromatic carbocycles. The van der Waals surface area contributed by atoms with Crippen molar-refractivity contribution < 1.29 is 14.3 Å². The molecule has 102 valence electrons. The minimum atomic E-state index is -0.409. The number of aryl methyl sites for hydroxylation is 1. The van der Waals surface area contributed by atoms with Gasteiger partial charge in [-0.3, -0.25) is 4.79 Å². The van der Waals surface area contributed by atoms with Crippen molar-refractivity contribution in [1.29, 1.82) is 0 Å². The second kappa shape index (κ2) is 6.48. The lowest BCUT2D eigenvalue weighted by atomic mass is 10.1. The molecule has 2 rings (SSSR count). The van der Waals surface area contributed by atoms with Crippen LogP contribution in [-0.4, -0.2) is 17.1 Å². The summed E-state index contributed by atoms with van der Waals surface area (Å²) < 4.78 is 5.34. The number of esters is 1. The Morgan fingerprint density at radius 1 is 1.05 bits per heavy atom. The van der Waals surface area contributed by atoms with Gasteiger partial charge in [-0.1, -0.05) is 34.1 Å². The van der Waals surface area contributed by atoms with Crippen molar-refractivity contribution >= 4 is 27.7 Å². The molecule has 0 bridgehead atoms. The molecule has 0 radical (unpaired) electrons. The van der Waals surface area contributed by atoms with Crippen LogP contribution >= 0.6 is 15.9 Å². The molecular formula is C16H13BrO3. The van der Waals surface area contributed by atoms with E-state index in [4.69, 9.17) is 4.74 Å². The monoisotopic (exact) mass is 332 g/mol. The number of hydrogen-bond acceptors (Lipinski definition) is 3. The Labute approximate surface area is 125 Å². The molecule has 0 aliphatic carbocycles. The number of ether oxygens (including phenoxy) is 1. The standard InChI is InChI=1S/C16H13BrO3/c1-11-9-13(14(18)10-17)7-8-15(11)20-16(19)12-5-3-2-4-6-12/h2-9H,10H2,1H3. The van der Waals surface area contributed by atoms with E-state index in [1.807, 2.05) is 6.07 Å². The minimum Gasteiger partial charge on any atom is -0.423 e. The molecule has 0 spiro atoms. The SMILES string of the molecule is Cc1cc(C(=O)CBr)ccc1OC(=O)c1ccccc1. The van der Waals surface area contributed by atoms with E-state index in [2.05, 4.69) is 15.9 Å². The highest BCUT2D eigenvalue weighted by molar-refractivity contribution is 9.09. The van der Waals surface area contributed by atoms with Crippen molar-refractivity contribution in [3.05, 3.63) is 65.2 Å². The summed E-state index contributed by atoms with van der Waals surface area (Å²) in [6.45, 7) is 1.80. The molecule has 0 heterocycles. The minimum absolute atomic E-state index is 0.00552. The third-order valence-electron chi connectivity index (χ3n) is 2.83. The Bertz CT molecular complexity index is 635. The maximum Gasteiger partial charge on any atom is 0.343 e. The molecule has 2 aromatic rings. The molecule has 0 amide bonds. The molecule has 0 saturated heterocycles. The van der Waals surface area contributed by atoms with E-state index in [-0.39, 0.29) is 11.1 Å². The van der Waals surface area contributed by atoms with E-state index in [1.165, 1.54) is 0 Å². The van der Waals surface area contributed by atoms with Crippen LogP contribution in [0.1, 0.15) is 26.3 Å². The zero-order chi connectivity index (χ0) is 14.5. The fraction of sp³-hybridized carbons (Fsp3) is 0.125. The van der Waals surface area contributed by atoms with Gasteiger partial charge in [0, 0.05) is 5.56 Å². The third-order valence-corrected chi connectivity index (χ3v) is 3.34. The van der Waals surface area contributed by atoms with Gasteiger partial charge in [0.2, 0.25) is 0 Å². The second-order valence-electron chi connectivity index (χ2n) is 4.29. The molecule has 0 aromatic heterocycles. The first-order valence-electron chi connectivity index (χ1n) is 6.09. The van der Waals surface area contributed by atoms with E-state index in [0.29, 0.717) is 16.9 Å². The number of alkyl halides is 1. The van der Waals surface area contributed by atoms with Gasteiger partial charge in [-0.05, 0) is 42.8 Å². The first-order chi connectivity index (χ1) is 9.61. The summed E-state index contributed by atoms with van der Waals surface area (Å²) in [5.74, 6) is 0.0484. The van der Waals surface area contributed by atoms with Gasteiger partial charge in [0.25, 0.3) is 0 Å². The summed E-state index contributed by atoms with van der Waals surface area (Å²) in [6.07, 6.45) is 0. The number of halogens is 1. The summed E-state index contributed by atoms with van der Waals surface area (Å²) in [4.78, 5) is 23.5. The summed E-state index contributed by atoms with van der Waals surface area (Å²) in [6, 6.07) is 13.8. The van der Waals surface area contributed by atoms with Crippen LogP contribution in [0.2, 0.25) is 0 Å². The highest BCUT2D eigenvalue weighted by Gasteiger charge is 2.11. The number of carbonyl (C=O) groups is 2. The van der Waals surface area contributed by atoms with Gasteiger partial charge < -0.3 is 4.74 Å². The summed E-state index contributed by atoms with van der Waals surface area (Å²) in [7, 11) is 0. The number of carbonyl (C=O) groups excluding carboxylic acids is 2. The van der Waals surface area contributed by atoms with Crippen LogP contribution < -0.4 is 4.74 Å². The molecule has 3 nitrogen and oxygen atoms in total. The molecule has 0 aliphatic heterocycles. The van der Waals surface area contributed by atoms with E-state index in [1.54, 1.807) is 49.4 Å². The molecule has 0 unspecified atom stereocenters. The van der Waals surface area contributed by atoms with E-state index in [9.17, 15) is 9.59 Å². The Balaban J connectivity index is 2.18. The van der Waals surface area contributed by atoms with E-state index < -0.39 is 5.97 Å². The number of benzene rings is 2. The number of ketones is 1. The number of Topliss-reactive ketones (excluding diaryl/α,β-unsaturated/α-hetero) is 1. The average Bonchev–Trinajstić information content (AvgIpc) is 2.49. The van der Waals surface area contributed by atoms with Crippen LogP contribution in [0.25, 0.3) is 0 Å². The maximum absolute atomic E-state index is 11.9. The second-order valence-corrected chi connectivity index (χ2v) is 4.85. The summed E-state index contributed by atoms with van der Waals surface area (Å²) in [5, 5.41) is 0.273. The molecule has 0 aliphatic rings. The summed E-state index contributed by atoms with van der Waals surface area (Å²) >= 11 is 3.13. The molecule has 0 N–H and O–H groups in total. The Morgan fingerprint density at radius 3 is 2.35 bits per heavy atom. The molecule has 0 atom stereocenters. The van der Waals surface area contributed by atoms with E-state index in [0.717, 1.165) is 5.56 Å². The van der Waals surface area contributed by atoms with Gasteiger partial charge >= 0.3 is 5.97 Å². The molecular weight excluding hydrogens is 320 g/mol. The molecule has 4 heteroatoms. The predicted octanol–water partition coefficient (Wildman–Crippen LogP) is 3.79. The lowest BCUT2D eigenvalue weighted by Gasteiger charge is -2.08. The van der Waals surface area contributed by atoms with Crippen molar-refractivity contribution in [3.8, 4) is 5.75 Å². The van der Waals surface area contributed by atoms with Crippen LogP contribution in [0.3, 0.4) is 0 Å². The van der Waals surface area contributed by atoms with E-state index >= 15 is 0 Å². The van der Waals surface area contributed by atoms with Gasteiger partial charge in [-0.15, -0.1) is 0 Å². The van der Waals surface area contributed by atoms with Gasteiger partial charge in [-0.2, -0.15) is 0 Å². The van der Waals surface area contributed by atoms with Gasteiger partial charge in [0.1, 0.15) is 5.75 Å². The number of rotatable bonds is 4. The molecule has 0 saturated carbocycles. The van der Waals surface area contributed by atoms with Crippen molar-refractivity contribution in [2.24, 2.45) is 0 Å². The van der Waals surface area contributed by atoms with Crippen LogP contribution in [0, 0.1) is 6.92 Å². The van der Waals surface area contributed by atoms with Gasteiger partial charge in [-0.25, -0.2) is 4.79 Å². The highest BCUT2D eigenvalue weighted by Crippen LogP contribution is 2.21. The highest BCUT2D eigenvalue weighted by atomic mass is 79.9. The molecule has 0 fully saturated rings. The van der Waals surface area contributed by atoms with Crippen LogP contribution in [0.5, 0.6) is 5.75 Å². The number of hydrogen-bond donors (Lipinski definition) is 0. The summed E-state index contributed by atoms with van der Waals surface area (Å²) in [5.41, 5.74) is 1.84. The zero-order valence-electron chi connectivity index (χ0n) is 10.9. The first kappa shape index (κ1) is 14.5. The normalized spacial score (nSPS) is 10.1. The van der Waals surface area contributed by atoms with Crippen molar-refractivity contribution in [2.45, 2.75) is 6.92 Å². The third kappa shape index (κ3) is 3.33. The Hall–Kier alpha value is -1.94. The lowest BCUT2D eigenvalue weighted by Crippen LogP contribution is -2.09. The smallest absolute Gasteiger partial charge is 0.343 e. The quantitative estimate of drug-likeness (QED) is 0.370. The van der Waals surface area contributed by atoms with Crippen molar-refractivity contribution in [1.82, 2.24) is 0 Å². The van der Waals surface area contributed by atoms with Gasteiger partial charge in [0.05, 0.1) is 10.9 Å². The predicted molar refractivity (Wildman–Crippen MR) is 80.7 cm³/mol. The van der Waals surface area contributed by atoms with Gasteiger partial charge in [0.15, 0.2) is 5.78 Å². The zero-order valence-corrected chi connectivity index (χ0v) is 12.5. The Kier molecular flexibility index (Phi) is 4.69. The largest absolute Gasteiger partial charge is 0.423 e. The Morgan fingerprint density at radius 2 is 1.75 bits per heavy atom. The average molecular weight is 333 g/mol. The maximum atomic E-state index is 11.9. The van der Waals surface area contributed by atoms with Crippen LogP contribution in [-0.2, 0) is 0 Å². The first-order valence-corrected chi connectivity index (χ1v) is 7.21. The topological polar surface area (TPSA) is 43.4 Å². The van der Waals surface area contributed by atoms with Crippen LogP contribution in [0.4, 0.5) is 0 Å². The van der Waals surface area contributed by atoms with Crippen molar-refractivity contribution in [3.63, 3.8) is 0 Å². The van der Waals surface area contributed by atoms with Crippen LogP contribution in [0.15, 0.2) is 48.5 Å². The fourth-order valence-electron chi connectivity index (χ4n) is 1.75. The fourth-order valence-corrected chi connectivity index (χ4v) is 2.07. The lowest BCUT2D eigenvalue weighted by molar-refractivity contribution is 0.0733. The molecule has 20 heavy (non-hydrogen) atoms.